The summed E-state index contributed by atoms with van der Waals surface area (Å²) in [6.45, 7) is 1.52. The molecule has 18 heavy (non-hydrogen) atoms. The van der Waals surface area contributed by atoms with E-state index in [1.54, 1.807) is 24.3 Å². The van der Waals surface area contributed by atoms with Crippen molar-refractivity contribution in [1.82, 2.24) is 20.2 Å². The Balaban J connectivity index is 2.53. The van der Waals surface area contributed by atoms with Crippen molar-refractivity contribution in [3.8, 4) is 5.69 Å². The largest absolute Gasteiger partial charge is 0.272 e. The Bertz CT molecular complexity index is 626. The quantitative estimate of drug-likeness (QED) is 0.786. The second kappa shape index (κ2) is 5.03. The molecular formula is C10H11ClN4O2S. The van der Waals surface area contributed by atoms with Gasteiger partial charge in [-0.2, -0.15) is 4.68 Å². The normalized spacial score (nSPS) is 13.4. The van der Waals surface area contributed by atoms with Gasteiger partial charge in [0.1, 0.15) is 0 Å². The van der Waals surface area contributed by atoms with Gasteiger partial charge < -0.3 is 0 Å². The van der Waals surface area contributed by atoms with Gasteiger partial charge in [-0.15, -0.1) is 11.6 Å². The van der Waals surface area contributed by atoms with E-state index >= 15 is 0 Å². The van der Waals surface area contributed by atoms with Crippen molar-refractivity contribution < 1.29 is 8.42 Å². The Morgan fingerprint density at radius 1 is 1.33 bits per heavy atom. The number of rotatable bonds is 4. The van der Waals surface area contributed by atoms with E-state index in [0.717, 1.165) is 0 Å². The second-order valence-corrected chi connectivity index (χ2v) is 6.29. The van der Waals surface area contributed by atoms with Crippen molar-refractivity contribution in [1.29, 1.82) is 0 Å². The van der Waals surface area contributed by atoms with Crippen LogP contribution in [0.1, 0.15) is 6.92 Å². The summed E-state index contributed by atoms with van der Waals surface area (Å²) in [6.07, 6.45) is 0. The third-order valence-corrected chi connectivity index (χ3v) is 5.08. The zero-order chi connectivity index (χ0) is 13.2. The summed E-state index contributed by atoms with van der Waals surface area (Å²) < 4.78 is 25.5. The maximum absolute atomic E-state index is 12.2. The number of nitrogens with zero attached hydrogens (tertiary/aromatic N) is 4. The van der Waals surface area contributed by atoms with Gasteiger partial charge in [-0.25, -0.2) is 8.42 Å². The van der Waals surface area contributed by atoms with E-state index in [9.17, 15) is 8.42 Å². The average molecular weight is 287 g/mol. The van der Waals surface area contributed by atoms with E-state index in [4.69, 9.17) is 11.6 Å². The van der Waals surface area contributed by atoms with Crippen LogP contribution in [0.25, 0.3) is 5.69 Å². The minimum Gasteiger partial charge on any atom is -0.220 e. The highest BCUT2D eigenvalue weighted by Gasteiger charge is 2.29. The van der Waals surface area contributed by atoms with Crippen LogP contribution in [-0.2, 0) is 9.84 Å². The SMILES string of the molecule is CC(CCl)S(=O)(=O)c1nnnn1-c1ccccc1. The van der Waals surface area contributed by atoms with Crippen LogP contribution >= 0.6 is 11.6 Å². The number of hydrogen-bond acceptors (Lipinski definition) is 5. The molecule has 8 heteroatoms. The molecule has 1 aromatic heterocycles. The van der Waals surface area contributed by atoms with E-state index < -0.39 is 15.1 Å². The van der Waals surface area contributed by atoms with E-state index in [1.807, 2.05) is 6.07 Å². The second-order valence-electron chi connectivity index (χ2n) is 3.72. The summed E-state index contributed by atoms with van der Waals surface area (Å²) in [6, 6.07) is 8.82. The summed E-state index contributed by atoms with van der Waals surface area (Å²) in [5.74, 6) is -0.00994. The first kappa shape index (κ1) is 13.0. The van der Waals surface area contributed by atoms with Crippen molar-refractivity contribution in [3.63, 3.8) is 0 Å². The molecule has 0 amide bonds. The molecule has 6 nitrogen and oxygen atoms in total. The van der Waals surface area contributed by atoms with Gasteiger partial charge >= 0.3 is 0 Å². The Morgan fingerprint density at radius 3 is 2.61 bits per heavy atom. The van der Waals surface area contributed by atoms with E-state index in [0.29, 0.717) is 5.69 Å². The van der Waals surface area contributed by atoms with Gasteiger partial charge in [-0.1, -0.05) is 23.3 Å². The summed E-state index contributed by atoms with van der Waals surface area (Å²) in [5.41, 5.74) is 0.586. The molecule has 2 rings (SSSR count). The molecule has 0 fully saturated rings. The van der Waals surface area contributed by atoms with Gasteiger partial charge in [-0.05, 0) is 29.5 Å². The monoisotopic (exact) mass is 286 g/mol. The smallest absolute Gasteiger partial charge is 0.220 e. The summed E-state index contributed by atoms with van der Waals surface area (Å²) in [7, 11) is -3.63. The molecule has 0 aliphatic rings. The van der Waals surface area contributed by atoms with Gasteiger partial charge in [0.2, 0.25) is 9.84 Å². The fraction of sp³-hybridized carbons (Fsp3) is 0.300. The highest BCUT2D eigenvalue weighted by Crippen LogP contribution is 2.17. The lowest BCUT2D eigenvalue weighted by Gasteiger charge is -2.09. The molecule has 0 aliphatic heterocycles. The van der Waals surface area contributed by atoms with Gasteiger partial charge in [0.25, 0.3) is 5.16 Å². The minimum atomic E-state index is -3.63. The van der Waals surface area contributed by atoms with Crippen molar-refractivity contribution >= 4 is 21.4 Å². The third kappa shape index (κ3) is 2.23. The topological polar surface area (TPSA) is 77.7 Å². The van der Waals surface area contributed by atoms with Crippen molar-refractivity contribution in [2.45, 2.75) is 17.3 Å². The lowest BCUT2D eigenvalue weighted by Crippen LogP contribution is -2.23. The summed E-state index contributed by atoms with van der Waals surface area (Å²) >= 11 is 5.59. The molecule has 0 radical (unpaired) electrons. The first-order valence-electron chi connectivity index (χ1n) is 5.21. The molecule has 0 spiro atoms. The maximum Gasteiger partial charge on any atom is 0.272 e. The minimum absolute atomic E-state index is 0.00994. The van der Waals surface area contributed by atoms with Gasteiger partial charge in [0.15, 0.2) is 0 Å². The van der Waals surface area contributed by atoms with Crippen LogP contribution in [0, 0.1) is 0 Å². The zero-order valence-electron chi connectivity index (χ0n) is 9.56. The lowest BCUT2D eigenvalue weighted by atomic mass is 10.3. The molecule has 0 bridgehead atoms. The van der Waals surface area contributed by atoms with Gasteiger partial charge in [-0.3, -0.25) is 0 Å². The Kier molecular flexibility index (Phi) is 3.63. The highest BCUT2D eigenvalue weighted by atomic mass is 35.5. The molecule has 1 unspecified atom stereocenters. The Hall–Kier alpha value is -1.47. The third-order valence-electron chi connectivity index (χ3n) is 2.44. The Morgan fingerprint density at radius 2 is 2.00 bits per heavy atom. The standard InChI is InChI=1S/C10H11ClN4O2S/c1-8(7-11)18(16,17)10-12-13-14-15(10)9-5-3-2-4-6-9/h2-6,8H,7H2,1H3. The molecule has 2 aromatic rings. The number of alkyl halides is 1. The van der Waals surface area contributed by atoms with E-state index in [2.05, 4.69) is 15.5 Å². The predicted molar refractivity (Wildman–Crippen MR) is 66.5 cm³/mol. The van der Waals surface area contributed by atoms with Crippen molar-refractivity contribution in [3.05, 3.63) is 30.3 Å². The molecule has 1 atom stereocenters. The van der Waals surface area contributed by atoms with E-state index in [-0.39, 0.29) is 11.0 Å². The van der Waals surface area contributed by atoms with E-state index in [1.165, 1.54) is 11.6 Å². The zero-order valence-corrected chi connectivity index (χ0v) is 11.1. The number of sulfone groups is 1. The van der Waals surface area contributed by atoms with Crippen LogP contribution in [0.15, 0.2) is 35.5 Å². The number of hydrogen-bond donors (Lipinski definition) is 0. The number of benzene rings is 1. The number of tetrazole rings is 1. The number of aromatic nitrogens is 4. The first-order valence-corrected chi connectivity index (χ1v) is 7.29. The molecule has 1 heterocycles. The molecular weight excluding hydrogens is 276 g/mol. The van der Waals surface area contributed by atoms with Crippen molar-refractivity contribution in [2.24, 2.45) is 0 Å². The van der Waals surface area contributed by atoms with Crippen LogP contribution in [-0.4, -0.2) is 39.8 Å². The molecule has 0 saturated carbocycles. The maximum atomic E-state index is 12.2. The fourth-order valence-electron chi connectivity index (χ4n) is 1.35. The van der Waals surface area contributed by atoms with Crippen LogP contribution in [0.3, 0.4) is 0 Å². The van der Waals surface area contributed by atoms with Crippen LogP contribution in [0.5, 0.6) is 0 Å². The van der Waals surface area contributed by atoms with Crippen molar-refractivity contribution in [2.75, 3.05) is 5.88 Å². The molecule has 0 aliphatic carbocycles. The first-order chi connectivity index (χ1) is 8.57. The lowest BCUT2D eigenvalue weighted by molar-refractivity contribution is 0.572. The average Bonchev–Trinajstić information content (AvgIpc) is 2.88. The predicted octanol–water partition coefficient (Wildman–Crippen LogP) is 1.06. The Labute approximate surface area is 109 Å². The van der Waals surface area contributed by atoms with Gasteiger partial charge in [0.05, 0.1) is 10.9 Å². The molecule has 0 saturated heterocycles. The van der Waals surface area contributed by atoms with Gasteiger partial charge in [0, 0.05) is 5.88 Å². The molecule has 96 valence electrons. The van der Waals surface area contributed by atoms with Crippen LogP contribution in [0.2, 0.25) is 0 Å². The number of para-hydroxylation sites is 1. The number of halogens is 1. The molecule has 1 aromatic carbocycles. The van der Waals surface area contributed by atoms with Crippen LogP contribution < -0.4 is 0 Å². The highest BCUT2D eigenvalue weighted by molar-refractivity contribution is 7.92. The summed E-state index contributed by atoms with van der Waals surface area (Å²) in [4.78, 5) is 0. The summed E-state index contributed by atoms with van der Waals surface area (Å²) in [5, 5.41) is 9.78. The fourth-order valence-corrected chi connectivity index (χ4v) is 2.91. The van der Waals surface area contributed by atoms with Crippen LogP contribution in [0.4, 0.5) is 0 Å². The molecule has 0 N–H and O–H groups in total.